The Morgan fingerprint density at radius 3 is 2.62 bits per heavy atom. The first-order valence-corrected chi connectivity index (χ1v) is 6.84. The highest BCUT2D eigenvalue weighted by Crippen LogP contribution is 2.20. The van der Waals surface area contributed by atoms with Crippen molar-refractivity contribution in [2.24, 2.45) is 0 Å². The number of rotatable bonds is 6. The standard InChI is InChI=1S/C16H22N2O3/c1-5-6-7-8-18(4)16(21)17-13-9-11(2)12(3)14(10-13)15(19)20/h5,9-10H,1,6-8H2,2-4H3,(H,17,21)(H,19,20). The SMILES string of the molecule is C=CCCCN(C)C(=O)Nc1cc(C)c(C)c(C(=O)O)c1. The number of aromatic carboxylic acids is 1. The molecule has 0 saturated carbocycles. The number of hydrogen-bond donors (Lipinski definition) is 2. The highest BCUT2D eigenvalue weighted by Gasteiger charge is 2.13. The molecule has 1 rings (SSSR count). The van der Waals surface area contributed by atoms with Gasteiger partial charge in [0.2, 0.25) is 0 Å². The van der Waals surface area contributed by atoms with E-state index in [9.17, 15) is 9.59 Å². The number of urea groups is 1. The second-order valence-corrected chi connectivity index (χ2v) is 5.05. The van der Waals surface area contributed by atoms with Crippen LogP contribution in [-0.2, 0) is 0 Å². The van der Waals surface area contributed by atoms with Crippen molar-refractivity contribution in [3.63, 3.8) is 0 Å². The Morgan fingerprint density at radius 1 is 1.38 bits per heavy atom. The molecule has 0 bridgehead atoms. The second-order valence-electron chi connectivity index (χ2n) is 5.05. The molecule has 0 radical (unpaired) electrons. The number of carboxylic acid groups (broad SMARTS) is 1. The number of aryl methyl sites for hydroxylation is 1. The van der Waals surface area contributed by atoms with E-state index in [4.69, 9.17) is 5.11 Å². The fourth-order valence-corrected chi connectivity index (χ4v) is 1.95. The quantitative estimate of drug-likeness (QED) is 0.623. The van der Waals surface area contributed by atoms with E-state index in [1.165, 1.54) is 6.07 Å². The number of unbranched alkanes of at least 4 members (excludes halogenated alkanes) is 1. The van der Waals surface area contributed by atoms with Crippen molar-refractivity contribution >= 4 is 17.7 Å². The van der Waals surface area contributed by atoms with Crippen molar-refractivity contribution in [2.45, 2.75) is 26.7 Å². The zero-order valence-corrected chi connectivity index (χ0v) is 12.8. The summed E-state index contributed by atoms with van der Waals surface area (Å²) in [5.41, 5.74) is 2.25. The number of carboxylic acids is 1. The van der Waals surface area contributed by atoms with Gasteiger partial charge < -0.3 is 15.3 Å². The van der Waals surface area contributed by atoms with Gasteiger partial charge in [0.15, 0.2) is 0 Å². The molecule has 0 fully saturated rings. The van der Waals surface area contributed by atoms with Gasteiger partial charge in [0.25, 0.3) is 0 Å². The van der Waals surface area contributed by atoms with Crippen LogP contribution in [0.15, 0.2) is 24.8 Å². The van der Waals surface area contributed by atoms with Gasteiger partial charge in [0.05, 0.1) is 5.56 Å². The Hall–Kier alpha value is -2.30. The number of nitrogens with zero attached hydrogens (tertiary/aromatic N) is 1. The normalized spacial score (nSPS) is 10.0. The molecule has 5 nitrogen and oxygen atoms in total. The summed E-state index contributed by atoms with van der Waals surface area (Å²) in [5, 5.41) is 11.9. The molecule has 0 aliphatic heterocycles. The lowest BCUT2D eigenvalue weighted by Gasteiger charge is -2.18. The maximum absolute atomic E-state index is 12.0. The summed E-state index contributed by atoms with van der Waals surface area (Å²) >= 11 is 0. The van der Waals surface area contributed by atoms with E-state index in [0.717, 1.165) is 18.4 Å². The van der Waals surface area contributed by atoms with E-state index in [0.29, 0.717) is 17.8 Å². The maximum Gasteiger partial charge on any atom is 0.336 e. The van der Waals surface area contributed by atoms with Crippen LogP contribution >= 0.6 is 0 Å². The monoisotopic (exact) mass is 290 g/mol. The van der Waals surface area contributed by atoms with Crippen LogP contribution in [0.3, 0.4) is 0 Å². The summed E-state index contributed by atoms with van der Waals surface area (Å²) in [7, 11) is 1.71. The fourth-order valence-electron chi connectivity index (χ4n) is 1.95. The lowest BCUT2D eigenvalue weighted by molar-refractivity contribution is 0.0696. The molecular weight excluding hydrogens is 268 g/mol. The van der Waals surface area contributed by atoms with Crippen LogP contribution in [0.2, 0.25) is 0 Å². The molecule has 0 saturated heterocycles. The molecule has 0 atom stereocenters. The van der Waals surface area contributed by atoms with Gasteiger partial charge in [0, 0.05) is 19.3 Å². The van der Waals surface area contributed by atoms with Crippen molar-refractivity contribution in [1.82, 2.24) is 4.90 Å². The molecule has 21 heavy (non-hydrogen) atoms. The molecule has 0 unspecified atom stereocenters. The molecule has 2 N–H and O–H groups in total. The number of carbonyl (C=O) groups is 2. The fraction of sp³-hybridized carbons (Fsp3) is 0.375. The maximum atomic E-state index is 12.0. The molecule has 0 aliphatic rings. The zero-order chi connectivity index (χ0) is 16.0. The molecule has 1 aromatic carbocycles. The summed E-state index contributed by atoms with van der Waals surface area (Å²) in [6.45, 7) is 7.84. The van der Waals surface area contributed by atoms with E-state index >= 15 is 0 Å². The topological polar surface area (TPSA) is 69.6 Å². The highest BCUT2D eigenvalue weighted by molar-refractivity contribution is 5.94. The highest BCUT2D eigenvalue weighted by atomic mass is 16.4. The Bertz CT molecular complexity index is 553. The van der Waals surface area contributed by atoms with Crippen molar-refractivity contribution < 1.29 is 14.7 Å². The summed E-state index contributed by atoms with van der Waals surface area (Å²) in [6.07, 6.45) is 3.51. The summed E-state index contributed by atoms with van der Waals surface area (Å²) in [5.74, 6) is -0.994. The van der Waals surface area contributed by atoms with E-state index in [2.05, 4.69) is 11.9 Å². The number of amides is 2. The Balaban J connectivity index is 2.81. The average molecular weight is 290 g/mol. The number of anilines is 1. The van der Waals surface area contributed by atoms with Gasteiger partial charge in [-0.15, -0.1) is 6.58 Å². The molecule has 2 amide bonds. The van der Waals surface area contributed by atoms with Crippen molar-refractivity contribution in [2.75, 3.05) is 18.9 Å². The van der Waals surface area contributed by atoms with Gasteiger partial charge in [0.1, 0.15) is 0 Å². The van der Waals surface area contributed by atoms with Crippen LogP contribution in [-0.4, -0.2) is 35.6 Å². The first kappa shape index (κ1) is 16.8. The lowest BCUT2D eigenvalue weighted by Crippen LogP contribution is -2.32. The van der Waals surface area contributed by atoms with Crippen LogP contribution in [0.1, 0.15) is 34.3 Å². The smallest absolute Gasteiger partial charge is 0.336 e. The van der Waals surface area contributed by atoms with Gasteiger partial charge in [-0.1, -0.05) is 6.08 Å². The van der Waals surface area contributed by atoms with Gasteiger partial charge >= 0.3 is 12.0 Å². The molecular formula is C16H22N2O3. The van der Waals surface area contributed by atoms with E-state index in [-0.39, 0.29) is 11.6 Å². The molecule has 114 valence electrons. The van der Waals surface area contributed by atoms with Gasteiger partial charge in [-0.3, -0.25) is 0 Å². The third kappa shape index (κ3) is 4.63. The van der Waals surface area contributed by atoms with Crippen LogP contribution in [0.5, 0.6) is 0 Å². The third-order valence-electron chi connectivity index (χ3n) is 3.40. The van der Waals surface area contributed by atoms with Crippen LogP contribution in [0.25, 0.3) is 0 Å². The Labute approximate surface area is 125 Å². The van der Waals surface area contributed by atoms with Crippen LogP contribution in [0.4, 0.5) is 10.5 Å². The van der Waals surface area contributed by atoms with Gasteiger partial charge in [-0.2, -0.15) is 0 Å². The predicted octanol–water partition coefficient (Wildman–Crippen LogP) is 3.43. The van der Waals surface area contributed by atoms with E-state index < -0.39 is 5.97 Å². The van der Waals surface area contributed by atoms with Gasteiger partial charge in [-0.25, -0.2) is 9.59 Å². The minimum absolute atomic E-state index is 0.208. The Kier molecular flexibility index (Phi) is 5.96. The number of allylic oxidation sites excluding steroid dienone is 1. The van der Waals surface area contributed by atoms with Crippen molar-refractivity contribution in [3.05, 3.63) is 41.5 Å². The number of benzene rings is 1. The number of carbonyl (C=O) groups excluding carboxylic acids is 1. The Morgan fingerprint density at radius 2 is 2.05 bits per heavy atom. The molecule has 1 aromatic rings. The molecule has 0 aromatic heterocycles. The average Bonchev–Trinajstić information content (AvgIpc) is 2.42. The van der Waals surface area contributed by atoms with Crippen molar-refractivity contribution in [3.8, 4) is 0 Å². The van der Waals surface area contributed by atoms with Crippen LogP contribution in [0, 0.1) is 13.8 Å². The summed E-state index contributed by atoms with van der Waals surface area (Å²) < 4.78 is 0. The molecule has 5 heteroatoms. The van der Waals surface area contributed by atoms with Crippen molar-refractivity contribution in [1.29, 1.82) is 0 Å². The molecule has 0 spiro atoms. The molecule has 0 aliphatic carbocycles. The zero-order valence-electron chi connectivity index (χ0n) is 12.8. The number of nitrogens with one attached hydrogen (secondary N) is 1. The first-order chi connectivity index (χ1) is 9.86. The summed E-state index contributed by atoms with van der Waals surface area (Å²) in [6, 6.07) is 3.01. The van der Waals surface area contributed by atoms with E-state index in [1.54, 1.807) is 24.9 Å². The predicted molar refractivity (Wildman–Crippen MR) is 84.0 cm³/mol. The second kappa shape index (κ2) is 7.47. The minimum atomic E-state index is -0.994. The third-order valence-corrected chi connectivity index (χ3v) is 3.40. The van der Waals surface area contributed by atoms with Gasteiger partial charge in [-0.05, 0) is 49.9 Å². The summed E-state index contributed by atoms with van der Waals surface area (Å²) in [4.78, 5) is 24.8. The van der Waals surface area contributed by atoms with Crippen LogP contribution < -0.4 is 5.32 Å². The first-order valence-electron chi connectivity index (χ1n) is 6.84. The number of hydrogen-bond acceptors (Lipinski definition) is 2. The lowest BCUT2D eigenvalue weighted by atomic mass is 10.0. The minimum Gasteiger partial charge on any atom is -0.478 e. The van der Waals surface area contributed by atoms with E-state index in [1.807, 2.05) is 13.0 Å². The molecule has 0 heterocycles. The largest absolute Gasteiger partial charge is 0.478 e.